The fraction of sp³-hybridized carbons (Fsp3) is 0.338. The van der Waals surface area contributed by atoms with Crippen LogP contribution < -0.4 is 80.4 Å². The van der Waals surface area contributed by atoms with E-state index in [2.05, 4.69) is 36.2 Å². The first-order valence-corrected chi connectivity index (χ1v) is 29.5. The summed E-state index contributed by atoms with van der Waals surface area (Å²) in [6.07, 6.45) is 2.20. The molecule has 5 aromatic carbocycles. The minimum Gasteiger partial charge on any atom is -0.496 e. The zero-order chi connectivity index (χ0) is 67.0. The van der Waals surface area contributed by atoms with Gasteiger partial charge in [0.2, 0.25) is 0 Å². The summed E-state index contributed by atoms with van der Waals surface area (Å²) in [5, 5.41) is 11.8. The molecular weight excluding hydrogens is 1180 g/mol. The number of carbonyl (C=O) groups excluding carboxylic acids is 9. The molecule has 6 aromatic rings. The second-order valence-electron chi connectivity index (χ2n) is 21.7. The highest BCUT2D eigenvalue weighted by atomic mass is 16.5. The van der Waals surface area contributed by atoms with Gasteiger partial charge in [-0.05, 0) is 121 Å². The molecule has 6 rings (SSSR count). The van der Waals surface area contributed by atoms with E-state index in [-0.39, 0.29) is 147 Å². The summed E-state index contributed by atoms with van der Waals surface area (Å²) in [7, 11) is 5.46. The summed E-state index contributed by atoms with van der Waals surface area (Å²) in [6.45, 7) is 0.470. The molecule has 0 bridgehead atoms. The Labute approximate surface area is 531 Å². The number of para-hydroxylation sites is 1. The normalized spacial score (nSPS) is 12.2. The maximum absolute atomic E-state index is 14.6. The molecule has 488 valence electrons. The number of amides is 6. The van der Waals surface area contributed by atoms with Crippen molar-refractivity contribution in [3.8, 4) is 23.0 Å². The van der Waals surface area contributed by atoms with Crippen molar-refractivity contribution in [3.63, 3.8) is 0 Å². The number of urea groups is 1. The smallest absolute Gasteiger partial charge is 0.312 e. The summed E-state index contributed by atoms with van der Waals surface area (Å²) in [6, 6.07) is 20.8. The van der Waals surface area contributed by atoms with Crippen molar-refractivity contribution in [2.75, 3.05) is 48.1 Å². The van der Waals surface area contributed by atoms with Crippen LogP contribution >= 0.6 is 0 Å². The quantitative estimate of drug-likeness (QED) is 0.0151. The Morgan fingerprint density at radius 3 is 1.28 bits per heavy atom. The van der Waals surface area contributed by atoms with Crippen LogP contribution in [0.4, 0.5) is 4.79 Å². The number of benzene rings is 5. The first-order chi connectivity index (χ1) is 44.0. The minimum atomic E-state index is -1.18. The van der Waals surface area contributed by atoms with Crippen LogP contribution in [0.5, 0.6) is 23.0 Å². The number of carbonyl (C=O) groups is 9. The van der Waals surface area contributed by atoms with Crippen LogP contribution in [-0.2, 0) is 51.3 Å². The number of rotatable bonds is 37. The number of fused-ring (bicyclic) bond motifs is 1. The number of primary amides is 2. The molecule has 0 aliphatic carbocycles. The van der Waals surface area contributed by atoms with Gasteiger partial charge in [0.1, 0.15) is 23.0 Å². The van der Waals surface area contributed by atoms with Crippen molar-refractivity contribution < 1.29 is 62.1 Å². The van der Waals surface area contributed by atoms with Gasteiger partial charge in [0.05, 0.1) is 74.9 Å². The average Bonchev–Trinajstić information content (AvgIpc) is 1.34. The van der Waals surface area contributed by atoms with Gasteiger partial charge in [-0.25, -0.2) is 4.79 Å². The van der Waals surface area contributed by atoms with Gasteiger partial charge in [-0.2, -0.15) is 0 Å². The number of nitrogens with one attached hydrogen (secondary N) is 5. The van der Waals surface area contributed by atoms with Gasteiger partial charge in [0.15, 0.2) is 35.1 Å². The molecule has 0 spiro atoms. The van der Waals surface area contributed by atoms with E-state index < -0.39 is 71.2 Å². The number of Topliss-reactive ketones (excluding diaryl/α,β-unsaturated/α-hetero) is 4. The monoisotopic (exact) mass is 1260 g/mol. The highest BCUT2D eigenvalue weighted by Gasteiger charge is 2.30. The number of ketones is 4. The Morgan fingerprint density at radius 1 is 0.478 bits per heavy atom. The second kappa shape index (κ2) is 34.2. The molecule has 1 aromatic heterocycles. The van der Waals surface area contributed by atoms with E-state index in [1.807, 2.05) is 24.3 Å². The summed E-state index contributed by atoms with van der Waals surface area (Å²) in [5.41, 5.74) is 42.5. The molecule has 0 radical (unpaired) electrons. The van der Waals surface area contributed by atoms with E-state index in [1.165, 1.54) is 77.0 Å². The number of nitrogens with zero attached hydrogens (tertiary/aromatic N) is 2. The molecule has 0 saturated carbocycles. The standard InChI is InChI=1S/C65H80N14O13/c1-89-55-19-15-36(26-42(55)59(67)84)33-54(83)50(34-40-35-76-47-12-6-5-10-41(40)47)79-62(87)45-29-39(18-22-58(45)92-4)32-53(82)49(14-9-24-74-64(70)71)78-61(86)44-28-38(17-21-57(44)91-3)31-52(81)48(13-8-23-73-63(68)69)77-60(85)43-27-37(16-20-56(43)90-2)30-51(80)46(66)11-7-25-75-65(72)88/h5-6,10,12,15-22,26-29,35,46,48-50,76H,7-9,11,13-14,23-25,30-34,66H2,1-4H3,(H2,67,84)(H,77,85)(H,78,86)(H,79,87)(H4,68,69,73)(H4,70,71,74)(H3,72,75,88)/t46-,48-,49-,50-/m1/s1. The number of guanidine groups is 2. The second-order valence-corrected chi connectivity index (χ2v) is 21.7. The number of ether oxygens (including phenoxy) is 4. The number of hydrogen-bond donors (Lipinski definition) is 12. The van der Waals surface area contributed by atoms with E-state index >= 15 is 0 Å². The fourth-order valence-electron chi connectivity index (χ4n) is 10.3. The number of hydrogen-bond acceptors (Lipinski definition) is 16. The van der Waals surface area contributed by atoms with Crippen molar-refractivity contribution in [2.45, 2.75) is 94.8 Å². The number of nitrogens with two attached hydrogens (primary N) is 7. The summed E-state index contributed by atoms with van der Waals surface area (Å²) in [4.78, 5) is 134. The van der Waals surface area contributed by atoms with Gasteiger partial charge in [0.25, 0.3) is 23.6 Å². The molecule has 6 amide bonds. The summed E-state index contributed by atoms with van der Waals surface area (Å²) >= 11 is 0. The number of aliphatic imine (C=N–C) groups is 2. The van der Waals surface area contributed by atoms with Crippen LogP contribution in [0.25, 0.3) is 10.9 Å². The lowest BCUT2D eigenvalue weighted by Crippen LogP contribution is -2.43. The van der Waals surface area contributed by atoms with Crippen molar-refractivity contribution in [1.29, 1.82) is 0 Å². The van der Waals surface area contributed by atoms with Crippen molar-refractivity contribution in [3.05, 3.63) is 153 Å². The molecule has 0 unspecified atom stereocenters. The summed E-state index contributed by atoms with van der Waals surface area (Å²) < 4.78 is 22.0. The largest absolute Gasteiger partial charge is 0.496 e. The molecule has 1 heterocycles. The van der Waals surface area contributed by atoms with Crippen LogP contribution in [0.3, 0.4) is 0 Å². The van der Waals surface area contributed by atoms with E-state index in [4.69, 9.17) is 59.1 Å². The molecule has 92 heavy (non-hydrogen) atoms. The minimum absolute atomic E-state index is 0.000589. The first-order valence-electron chi connectivity index (χ1n) is 29.5. The van der Waals surface area contributed by atoms with Crippen LogP contribution in [0, 0.1) is 0 Å². The van der Waals surface area contributed by atoms with Crippen molar-refractivity contribution in [1.82, 2.24) is 26.3 Å². The zero-order valence-corrected chi connectivity index (χ0v) is 51.8. The zero-order valence-electron chi connectivity index (χ0n) is 51.8. The number of methoxy groups -OCH3 is 4. The molecular formula is C65H80N14O13. The third-order valence-electron chi connectivity index (χ3n) is 15.0. The predicted molar refractivity (Wildman–Crippen MR) is 346 cm³/mol. The van der Waals surface area contributed by atoms with Gasteiger partial charge < -0.3 is 85.3 Å². The van der Waals surface area contributed by atoms with Gasteiger partial charge in [-0.3, -0.25) is 48.3 Å². The third-order valence-corrected chi connectivity index (χ3v) is 15.0. The SMILES string of the molecule is COc1ccc(CC(=O)[C@@H](Cc2c[nH]c3ccccc23)NC(=O)c2cc(CC(=O)[C@@H](CCCN=C(N)N)NC(=O)c3cc(CC(=O)[C@@H](CCCN=C(N)N)NC(=O)c4cc(CC(=O)[C@H](N)CCCNC(N)=O)ccc4OC)ccc3OC)ccc2OC)cc1C(N)=O. The first kappa shape index (κ1) is 70.3. The maximum atomic E-state index is 14.6. The van der Waals surface area contributed by atoms with E-state index in [0.717, 1.165) is 16.5 Å². The molecule has 19 N–H and O–H groups in total. The number of H-pyrrole nitrogens is 1. The molecule has 0 aliphatic rings. The Hall–Kier alpha value is -10.8. The topological polar surface area (TPSA) is 461 Å². The molecule has 0 fully saturated rings. The van der Waals surface area contributed by atoms with E-state index in [1.54, 1.807) is 30.5 Å². The molecule has 27 nitrogen and oxygen atoms in total. The highest BCUT2D eigenvalue weighted by Crippen LogP contribution is 2.27. The predicted octanol–water partition coefficient (Wildman–Crippen LogP) is 2.27. The average molecular weight is 1270 g/mol. The van der Waals surface area contributed by atoms with Crippen molar-refractivity contribution >= 4 is 75.6 Å². The van der Waals surface area contributed by atoms with Gasteiger partial charge in [-0.15, -0.1) is 0 Å². The maximum Gasteiger partial charge on any atom is 0.312 e. The molecule has 4 atom stereocenters. The number of aromatic amines is 1. The van der Waals surface area contributed by atoms with Crippen LogP contribution in [-0.4, -0.2) is 142 Å². The van der Waals surface area contributed by atoms with Gasteiger partial charge in [0, 0.05) is 68.8 Å². The van der Waals surface area contributed by atoms with Gasteiger partial charge in [-0.1, -0.05) is 42.5 Å². The molecule has 27 heteroatoms. The lowest BCUT2D eigenvalue weighted by molar-refractivity contribution is -0.121. The fourth-order valence-corrected chi connectivity index (χ4v) is 10.3. The molecule has 0 saturated heterocycles. The van der Waals surface area contributed by atoms with E-state index in [9.17, 15) is 43.2 Å². The van der Waals surface area contributed by atoms with Crippen LogP contribution in [0.2, 0.25) is 0 Å². The summed E-state index contributed by atoms with van der Waals surface area (Å²) in [5.74, 6) is -4.27. The highest BCUT2D eigenvalue weighted by molar-refractivity contribution is 6.04. The lowest BCUT2D eigenvalue weighted by atomic mass is 9.95. The van der Waals surface area contributed by atoms with Crippen LogP contribution in [0.1, 0.15) is 108 Å². The Morgan fingerprint density at radius 2 is 0.870 bits per heavy atom. The van der Waals surface area contributed by atoms with Crippen molar-refractivity contribution in [2.24, 2.45) is 50.1 Å². The Kier molecular flexibility index (Phi) is 26.1. The number of aromatic nitrogens is 1. The molecule has 0 aliphatic heterocycles. The van der Waals surface area contributed by atoms with Gasteiger partial charge >= 0.3 is 6.03 Å². The Bertz CT molecular complexity index is 3730. The van der Waals surface area contributed by atoms with E-state index in [0.29, 0.717) is 28.7 Å². The third kappa shape index (κ3) is 20.4. The Balaban J connectivity index is 1.22. The lowest BCUT2D eigenvalue weighted by Gasteiger charge is -2.21. The van der Waals surface area contributed by atoms with Crippen LogP contribution in [0.15, 0.2) is 113 Å².